The lowest BCUT2D eigenvalue weighted by Gasteiger charge is -2.40. The van der Waals surface area contributed by atoms with E-state index >= 15 is 0 Å². The van der Waals surface area contributed by atoms with Crippen LogP contribution in [0.1, 0.15) is 51.8 Å². The van der Waals surface area contributed by atoms with Gasteiger partial charge >= 0.3 is 0 Å². The fourth-order valence-corrected chi connectivity index (χ4v) is 4.36. The van der Waals surface area contributed by atoms with E-state index in [-0.39, 0.29) is 11.7 Å². The molecule has 182 valence electrons. The Kier molecular flexibility index (Phi) is 9.05. The number of benzene rings is 2. The van der Waals surface area contributed by atoms with Crippen LogP contribution in [-0.2, 0) is 6.54 Å². The quantitative estimate of drug-likeness (QED) is 0.404. The first-order valence-electron chi connectivity index (χ1n) is 12.3. The lowest BCUT2D eigenvalue weighted by atomic mass is 9.97. The molecule has 0 spiro atoms. The van der Waals surface area contributed by atoms with Gasteiger partial charge in [-0.15, -0.1) is 0 Å². The number of rotatable bonds is 6. The maximum Gasteiger partial charge on any atom is 0.128 e. The van der Waals surface area contributed by atoms with Gasteiger partial charge in [-0.05, 0) is 60.4 Å². The molecule has 0 aliphatic carbocycles. The summed E-state index contributed by atoms with van der Waals surface area (Å²) in [4.78, 5) is 9.96. The number of hydrogen-bond donors (Lipinski definition) is 0. The molecule has 1 atom stereocenters. The number of methoxy groups -OCH3 is 1. The van der Waals surface area contributed by atoms with Crippen LogP contribution in [0.15, 0.2) is 60.7 Å². The van der Waals surface area contributed by atoms with Gasteiger partial charge in [0.2, 0.25) is 0 Å². The van der Waals surface area contributed by atoms with E-state index in [4.69, 9.17) is 9.72 Å². The van der Waals surface area contributed by atoms with Crippen LogP contribution in [0, 0.1) is 5.82 Å². The first kappa shape index (κ1) is 25.7. The summed E-state index contributed by atoms with van der Waals surface area (Å²) in [6.07, 6.45) is 0. The zero-order valence-electron chi connectivity index (χ0n) is 21.4. The Morgan fingerprint density at radius 2 is 1.65 bits per heavy atom. The number of pyridine rings is 1. The SMILES string of the molecule is CC.COc1ccc(CN2CCN(c3ccc(-c4ccc(F)cc4)c(C(C)C)n3)CC2C)cc1. The molecule has 1 aliphatic heterocycles. The van der Waals surface area contributed by atoms with Gasteiger partial charge in [0.05, 0.1) is 12.8 Å². The number of aromatic nitrogens is 1. The molecule has 0 radical (unpaired) electrons. The summed E-state index contributed by atoms with van der Waals surface area (Å²) in [5, 5.41) is 0. The molecule has 1 unspecified atom stereocenters. The van der Waals surface area contributed by atoms with Gasteiger partial charge in [0.1, 0.15) is 17.4 Å². The van der Waals surface area contributed by atoms with E-state index in [0.29, 0.717) is 6.04 Å². The van der Waals surface area contributed by atoms with Gasteiger partial charge in [-0.3, -0.25) is 4.90 Å². The molecule has 0 bridgehead atoms. The second-order valence-corrected chi connectivity index (χ2v) is 8.88. The largest absolute Gasteiger partial charge is 0.497 e. The highest BCUT2D eigenvalue weighted by Gasteiger charge is 2.25. The molecular weight excluding hydrogens is 425 g/mol. The third-order valence-corrected chi connectivity index (χ3v) is 6.25. The standard InChI is InChI=1S/C27H32FN3O.C2H6/c1-19(2)27-25(22-7-9-23(28)10-8-22)13-14-26(29-27)31-16-15-30(20(3)17-31)18-21-5-11-24(32-4)12-6-21;1-2/h5-14,19-20H,15-18H2,1-4H3;1-2H3. The van der Waals surface area contributed by atoms with Crippen molar-refractivity contribution in [3.05, 3.63) is 77.7 Å². The molecule has 1 aliphatic rings. The number of hydrogen-bond acceptors (Lipinski definition) is 4. The molecule has 0 saturated carbocycles. The summed E-state index contributed by atoms with van der Waals surface area (Å²) in [7, 11) is 1.70. The van der Waals surface area contributed by atoms with Crippen LogP contribution in [-0.4, -0.2) is 42.7 Å². The van der Waals surface area contributed by atoms with Gasteiger partial charge in [-0.2, -0.15) is 0 Å². The van der Waals surface area contributed by atoms with Crippen molar-refractivity contribution < 1.29 is 9.13 Å². The van der Waals surface area contributed by atoms with Crippen LogP contribution in [0.4, 0.5) is 10.2 Å². The first-order chi connectivity index (χ1) is 16.4. The fraction of sp³-hybridized carbons (Fsp3) is 0.414. The molecule has 1 saturated heterocycles. The molecular formula is C29H38FN3O. The summed E-state index contributed by atoms with van der Waals surface area (Å²) in [5.74, 6) is 1.98. The van der Waals surface area contributed by atoms with Crippen molar-refractivity contribution in [1.82, 2.24) is 9.88 Å². The first-order valence-corrected chi connectivity index (χ1v) is 12.3. The number of piperazine rings is 1. The lowest BCUT2D eigenvalue weighted by molar-refractivity contribution is 0.180. The molecule has 1 fully saturated rings. The molecule has 0 amide bonds. The van der Waals surface area contributed by atoms with E-state index in [9.17, 15) is 4.39 Å². The Bertz CT molecular complexity index is 1030. The predicted molar refractivity (Wildman–Crippen MR) is 140 cm³/mol. The molecule has 4 rings (SSSR count). The smallest absolute Gasteiger partial charge is 0.128 e. The predicted octanol–water partition coefficient (Wildman–Crippen LogP) is 6.76. The van der Waals surface area contributed by atoms with Gasteiger partial charge in [0.25, 0.3) is 0 Å². The molecule has 3 aromatic rings. The van der Waals surface area contributed by atoms with Crippen LogP contribution in [0.2, 0.25) is 0 Å². The molecule has 5 heteroatoms. The fourth-order valence-electron chi connectivity index (χ4n) is 4.36. The summed E-state index contributed by atoms with van der Waals surface area (Å²) < 4.78 is 18.6. The Morgan fingerprint density at radius 3 is 2.24 bits per heavy atom. The van der Waals surface area contributed by atoms with Gasteiger partial charge in [0, 0.05) is 37.8 Å². The van der Waals surface area contributed by atoms with E-state index < -0.39 is 0 Å². The Labute approximate surface area is 204 Å². The van der Waals surface area contributed by atoms with Crippen molar-refractivity contribution >= 4 is 5.82 Å². The maximum atomic E-state index is 13.4. The molecule has 4 nitrogen and oxygen atoms in total. The van der Waals surface area contributed by atoms with Crippen molar-refractivity contribution in [2.75, 3.05) is 31.6 Å². The minimum atomic E-state index is -0.217. The number of nitrogens with zero attached hydrogens (tertiary/aromatic N) is 3. The minimum absolute atomic E-state index is 0.217. The lowest BCUT2D eigenvalue weighted by Crippen LogP contribution is -2.51. The maximum absolute atomic E-state index is 13.4. The van der Waals surface area contributed by atoms with E-state index in [1.165, 1.54) is 17.7 Å². The summed E-state index contributed by atoms with van der Waals surface area (Å²) >= 11 is 0. The highest BCUT2D eigenvalue weighted by Crippen LogP contribution is 2.31. The van der Waals surface area contributed by atoms with E-state index in [1.54, 1.807) is 7.11 Å². The van der Waals surface area contributed by atoms with Gasteiger partial charge in [0.15, 0.2) is 0 Å². The molecule has 1 aromatic heterocycles. The average Bonchev–Trinajstić information content (AvgIpc) is 2.87. The van der Waals surface area contributed by atoms with Gasteiger partial charge in [-0.25, -0.2) is 9.37 Å². The van der Waals surface area contributed by atoms with Crippen LogP contribution in [0.5, 0.6) is 5.75 Å². The monoisotopic (exact) mass is 463 g/mol. The number of halogens is 1. The number of anilines is 1. The second-order valence-electron chi connectivity index (χ2n) is 8.88. The average molecular weight is 464 g/mol. The number of ether oxygens (including phenoxy) is 1. The molecule has 34 heavy (non-hydrogen) atoms. The van der Waals surface area contributed by atoms with Crippen LogP contribution < -0.4 is 9.64 Å². The van der Waals surface area contributed by atoms with Crippen LogP contribution in [0.25, 0.3) is 11.1 Å². The van der Waals surface area contributed by atoms with Crippen molar-refractivity contribution in [2.45, 2.75) is 53.1 Å². The third-order valence-electron chi connectivity index (χ3n) is 6.25. The van der Waals surface area contributed by atoms with Crippen LogP contribution in [0.3, 0.4) is 0 Å². The van der Waals surface area contributed by atoms with E-state index in [1.807, 2.05) is 38.1 Å². The Morgan fingerprint density at radius 1 is 0.971 bits per heavy atom. The summed E-state index contributed by atoms with van der Waals surface area (Å²) in [6, 6.07) is 19.7. The zero-order valence-corrected chi connectivity index (χ0v) is 21.4. The minimum Gasteiger partial charge on any atom is -0.497 e. The highest BCUT2D eigenvalue weighted by molar-refractivity contribution is 5.68. The van der Waals surface area contributed by atoms with Crippen molar-refractivity contribution in [2.24, 2.45) is 0 Å². The van der Waals surface area contributed by atoms with Gasteiger partial charge in [-0.1, -0.05) is 52.0 Å². The topological polar surface area (TPSA) is 28.6 Å². The van der Waals surface area contributed by atoms with Crippen molar-refractivity contribution in [3.63, 3.8) is 0 Å². The molecule has 2 aromatic carbocycles. The van der Waals surface area contributed by atoms with E-state index in [0.717, 1.165) is 54.6 Å². The van der Waals surface area contributed by atoms with Crippen molar-refractivity contribution in [3.8, 4) is 16.9 Å². The second kappa shape index (κ2) is 12.0. The summed E-state index contributed by atoms with van der Waals surface area (Å²) in [5.41, 5.74) is 4.44. The third kappa shape index (κ3) is 6.15. The molecule has 2 heterocycles. The normalized spacial score (nSPS) is 16.2. The Hall–Kier alpha value is -2.92. The summed E-state index contributed by atoms with van der Waals surface area (Å²) in [6.45, 7) is 14.4. The highest BCUT2D eigenvalue weighted by atomic mass is 19.1. The zero-order chi connectivity index (χ0) is 24.7. The Balaban J connectivity index is 0.00000158. The van der Waals surface area contributed by atoms with Gasteiger partial charge < -0.3 is 9.64 Å². The van der Waals surface area contributed by atoms with E-state index in [2.05, 4.69) is 54.8 Å². The van der Waals surface area contributed by atoms with Crippen molar-refractivity contribution in [1.29, 1.82) is 0 Å². The molecule has 0 N–H and O–H groups in total. The van der Waals surface area contributed by atoms with Crippen LogP contribution >= 0.6 is 0 Å².